The molecule has 2 aromatic rings. The number of primary amides is 1. The number of hydrogen-bond donors (Lipinski definition) is 3. The Morgan fingerprint density at radius 3 is 2.59 bits per heavy atom. The molecule has 152 valence electrons. The van der Waals surface area contributed by atoms with Gasteiger partial charge < -0.3 is 21.3 Å². The summed E-state index contributed by atoms with van der Waals surface area (Å²) in [5.41, 5.74) is 6.20. The van der Waals surface area contributed by atoms with Gasteiger partial charge in [0.1, 0.15) is 11.9 Å². The SMILES string of the molecule is NC(=O)NC(Cc1ccccc1)C(=O)N1CCCC(C(=O)Nc2ccccn2)C1. The van der Waals surface area contributed by atoms with Crippen molar-refractivity contribution in [2.24, 2.45) is 11.7 Å². The molecule has 4 N–H and O–H groups in total. The van der Waals surface area contributed by atoms with Gasteiger partial charge in [0.2, 0.25) is 11.8 Å². The van der Waals surface area contributed by atoms with Crippen LogP contribution >= 0.6 is 0 Å². The molecule has 1 aliphatic heterocycles. The molecule has 2 unspecified atom stereocenters. The van der Waals surface area contributed by atoms with Crippen LogP contribution in [-0.2, 0) is 16.0 Å². The molecule has 29 heavy (non-hydrogen) atoms. The highest BCUT2D eigenvalue weighted by molar-refractivity contribution is 5.93. The molecule has 2 heterocycles. The predicted octanol–water partition coefficient (Wildman–Crippen LogP) is 1.54. The number of carbonyl (C=O) groups excluding carboxylic acids is 3. The Hall–Kier alpha value is -3.42. The first-order valence-corrected chi connectivity index (χ1v) is 9.63. The van der Waals surface area contributed by atoms with Crippen LogP contribution in [0.3, 0.4) is 0 Å². The summed E-state index contributed by atoms with van der Waals surface area (Å²) in [5.74, 6) is -0.245. The highest BCUT2D eigenvalue weighted by atomic mass is 16.2. The quantitative estimate of drug-likeness (QED) is 0.688. The molecule has 1 aromatic heterocycles. The molecular formula is C21H25N5O3. The molecule has 0 bridgehead atoms. The van der Waals surface area contributed by atoms with E-state index in [9.17, 15) is 14.4 Å². The van der Waals surface area contributed by atoms with Gasteiger partial charge in [0.25, 0.3) is 0 Å². The second-order valence-electron chi connectivity index (χ2n) is 7.08. The lowest BCUT2D eigenvalue weighted by molar-refractivity contribution is -0.136. The van der Waals surface area contributed by atoms with Crippen LogP contribution in [0.15, 0.2) is 54.7 Å². The van der Waals surface area contributed by atoms with E-state index >= 15 is 0 Å². The molecule has 0 radical (unpaired) electrons. The Balaban J connectivity index is 1.65. The van der Waals surface area contributed by atoms with E-state index in [4.69, 9.17) is 5.73 Å². The molecule has 4 amide bonds. The van der Waals surface area contributed by atoms with E-state index in [0.717, 1.165) is 5.56 Å². The highest BCUT2D eigenvalue weighted by Crippen LogP contribution is 2.20. The number of nitrogens with two attached hydrogens (primary N) is 1. The normalized spacial score (nSPS) is 17.2. The maximum absolute atomic E-state index is 13.1. The van der Waals surface area contributed by atoms with E-state index in [1.54, 1.807) is 29.3 Å². The van der Waals surface area contributed by atoms with Crippen molar-refractivity contribution in [1.82, 2.24) is 15.2 Å². The van der Waals surface area contributed by atoms with Crippen LogP contribution in [0.5, 0.6) is 0 Å². The summed E-state index contributed by atoms with van der Waals surface area (Å²) in [4.78, 5) is 42.8. The van der Waals surface area contributed by atoms with Gasteiger partial charge in [-0.3, -0.25) is 9.59 Å². The lowest BCUT2D eigenvalue weighted by Gasteiger charge is -2.34. The molecule has 1 saturated heterocycles. The molecule has 0 spiro atoms. The number of anilines is 1. The summed E-state index contributed by atoms with van der Waals surface area (Å²) >= 11 is 0. The standard InChI is InChI=1S/C21H25N5O3/c22-21(29)24-17(13-15-7-2-1-3-8-15)20(28)26-12-6-9-16(14-26)19(27)25-18-10-4-5-11-23-18/h1-5,7-8,10-11,16-17H,6,9,12-14H2,(H3,22,24,29)(H,23,25,27). The smallest absolute Gasteiger partial charge is 0.312 e. The minimum absolute atomic E-state index is 0.163. The summed E-state index contributed by atoms with van der Waals surface area (Å²) in [6.45, 7) is 0.834. The third-order valence-electron chi connectivity index (χ3n) is 4.92. The van der Waals surface area contributed by atoms with Crippen molar-refractivity contribution in [2.75, 3.05) is 18.4 Å². The second kappa shape index (κ2) is 9.68. The van der Waals surface area contributed by atoms with Crippen LogP contribution in [0, 0.1) is 5.92 Å². The zero-order valence-corrected chi connectivity index (χ0v) is 16.1. The fraction of sp³-hybridized carbons (Fsp3) is 0.333. The van der Waals surface area contributed by atoms with E-state index in [-0.39, 0.29) is 17.7 Å². The summed E-state index contributed by atoms with van der Waals surface area (Å²) < 4.78 is 0. The van der Waals surface area contributed by atoms with E-state index < -0.39 is 12.1 Å². The number of nitrogens with one attached hydrogen (secondary N) is 2. The summed E-state index contributed by atoms with van der Waals surface area (Å²) in [6.07, 6.45) is 3.34. The Kier molecular flexibility index (Phi) is 6.78. The Morgan fingerprint density at radius 2 is 1.90 bits per heavy atom. The van der Waals surface area contributed by atoms with Crippen LogP contribution in [0.1, 0.15) is 18.4 Å². The Morgan fingerprint density at radius 1 is 1.14 bits per heavy atom. The molecule has 1 aromatic carbocycles. The van der Waals surface area contributed by atoms with Gasteiger partial charge in [-0.15, -0.1) is 0 Å². The van der Waals surface area contributed by atoms with E-state index in [1.165, 1.54) is 0 Å². The molecule has 2 atom stereocenters. The van der Waals surface area contributed by atoms with Crippen molar-refractivity contribution in [3.05, 3.63) is 60.3 Å². The zero-order valence-electron chi connectivity index (χ0n) is 16.1. The third kappa shape index (κ3) is 5.78. The van der Waals surface area contributed by atoms with Crippen molar-refractivity contribution in [3.63, 3.8) is 0 Å². The second-order valence-corrected chi connectivity index (χ2v) is 7.08. The van der Waals surface area contributed by atoms with Crippen LogP contribution in [0.25, 0.3) is 0 Å². The van der Waals surface area contributed by atoms with E-state index in [0.29, 0.717) is 38.2 Å². The molecule has 1 fully saturated rings. The predicted molar refractivity (Wildman–Crippen MR) is 109 cm³/mol. The molecule has 1 aliphatic rings. The number of amides is 4. The number of benzene rings is 1. The van der Waals surface area contributed by atoms with Gasteiger partial charge in [-0.05, 0) is 30.5 Å². The van der Waals surface area contributed by atoms with Crippen molar-refractivity contribution >= 4 is 23.7 Å². The number of rotatable bonds is 6. The van der Waals surface area contributed by atoms with Gasteiger partial charge in [-0.25, -0.2) is 9.78 Å². The number of aromatic nitrogens is 1. The highest BCUT2D eigenvalue weighted by Gasteiger charge is 2.32. The van der Waals surface area contributed by atoms with Crippen molar-refractivity contribution < 1.29 is 14.4 Å². The lowest BCUT2D eigenvalue weighted by Crippen LogP contribution is -2.54. The average Bonchev–Trinajstić information content (AvgIpc) is 2.74. The zero-order chi connectivity index (χ0) is 20.6. The number of pyridine rings is 1. The minimum Gasteiger partial charge on any atom is -0.352 e. The first-order chi connectivity index (χ1) is 14.0. The molecular weight excluding hydrogens is 370 g/mol. The van der Waals surface area contributed by atoms with Gasteiger partial charge in [0.15, 0.2) is 0 Å². The minimum atomic E-state index is -0.771. The van der Waals surface area contributed by atoms with Crippen LogP contribution in [0.2, 0.25) is 0 Å². The molecule has 0 aliphatic carbocycles. The van der Waals surface area contributed by atoms with Gasteiger partial charge in [-0.2, -0.15) is 0 Å². The summed E-state index contributed by atoms with van der Waals surface area (Å²) in [5, 5.41) is 5.34. The largest absolute Gasteiger partial charge is 0.352 e. The fourth-order valence-electron chi connectivity index (χ4n) is 3.50. The molecule has 8 heteroatoms. The van der Waals surface area contributed by atoms with Gasteiger partial charge in [-0.1, -0.05) is 36.4 Å². The number of nitrogens with zero attached hydrogens (tertiary/aromatic N) is 2. The Bertz CT molecular complexity index is 844. The van der Waals surface area contributed by atoms with E-state index in [1.807, 2.05) is 30.3 Å². The fourth-order valence-corrected chi connectivity index (χ4v) is 3.50. The van der Waals surface area contributed by atoms with E-state index in [2.05, 4.69) is 15.6 Å². The number of carbonyl (C=O) groups is 3. The number of likely N-dealkylation sites (tertiary alicyclic amines) is 1. The van der Waals surface area contributed by atoms with Crippen LogP contribution in [0.4, 0.5) is 10.6 Å². The van der Waals surface area contributed by atoms with Crippen LogP contribution in [-0.4, -0.2) is 46.9 Å². The first kappa shape index (κ1) is 20.3. The van der Waals surface area contributed by atoms with Gasteiger partial charge in [0, 0.05) is 25.7 Å². The van der Waals surface area contributed by atoms with Crippen LogP contribution < -0.4 is 16.4 Å². The maximum Gasteiger partial charge on any atom is 0.312 e. The Labute approximate surface area is 169 Å². The average molecular weight is 395 g/mol. The summed E-state index contributed by atoms with van der Waals surface area (Å²) in [7, 11) is 0. The van der Waals surface area contributed by atoms with Crippen molar-refractivity contribution in [3.8, 4) is 0 Å². The number of hydrogen-bond acceptors (Lipinski definition) is 4. The molecule has 3 rings (SSSR count). The molecule has 8 nitrogen and oxygen atoms in total. The number of piperidine rings is 1. The van der Waals surface area contributed by atoms with Gasteiger partial charge >= 0.3 is 6.03 Å². The number of urea groups is 1. The first-order valence-electron chi connectivity index (χ1n) is 9.63. The molecule has 0 saturated carbocycles. The van der Waals surface area contributed by atoms with Crippen molar-refractivity contribution in [1.29, 1.82) is 0 Å². The van der Waals surface area contributed by atoms with Gasteiger partial charge in [0.05, 0.1) is 5.92 Å². The lowest BCUT2D eigenvalue weighted by atomic mass is 9.95. The monoisotopic (exact) mass is 395 g/mol. The topological polar surface area (TPSA) is 117 Å². The summed E-state index contributed by atoms with van der Waals surface area (Å²) in [6, 6.07) is 13.2. The third-order valence-corrected chi connectivity index (χ3v) is 4.92. The van der Waals surface area contributed by atoms with Crippen molar-refractivity contribution in [2.45, 2.75) is 25.3 Å². The maximum atomic E-state index is 13.1.